The number of nitrogens with zero attached hydrogens (tertiary/aromatic N) is 2. The summed E-state index contributed by atoms with van der Waals surface area (Å²) in [5, 5.41) is 13.7. The second-order valence-electron chi connectivity index (χ2n) is 5.50. The van der Waals surface area contributed by atoms with Gasteiger partial charge >= 0.3 is 0 Å². The molecule has 0 spiro atoms. The first-order valence-electron chi connectivity index (χ1n) is 7.60. The van der Waals surface area contributed by atoms with Crippen LogP contribution in [0.25, 0.3) is 0 Å². The molecule has 0 aliphatic carbocycles. The van der Waals surface area contributed by atoms with E-state index in [-0.39, 0.29) is 32.1 Å². The Morgan fingerprint density at radius 1 is 1.25 bits per heavy atom. The minimum absolute atomic E-state index is 0.162. The Bertz CT molecular complexity index is 1010. The van der Waals surface area contributed by atoms with E-state index in [1.807, 2.05) is 0 Å². The van der Waals surface area contributed by atoms with Crippen molar-refractivity contribution >= 4 is 50.5 Å². The summed E-state index contributed by atoms with van der Waals surface area (Å²) in [7, 11) is -1.80. The Morgan fingerprint density at radius 2 is 1.86 bits per heavy atom. The number of carbonyl (C=O) groups excluding carboxylic acids is 1. The van der Waals surface area contributed by atoms with Crippen LogP contribution in [0.3, 0.4) is 0 Å². The molecule has 2 aromatic rings. The van der Waals surface area contributed by atoms with Gasteiger partial charge in [0.25, 0.3) is 5.69 Å². The van der Waals surface area contributed by atoms with Crippen molar-refractivity contribution in [3.05, 3.63) is 56.6 Å². The third kappa shape index (κ3) is 4.71. The quantitative estimate of drug-likeness (QED) is 0.514. The van der Waals surface area contributed by atoms with Crippen LogP contribution in [0.2, 0.25) is 10.0 Å². The van der Waals surface area contributed by atoms with Crippen LogP contribution in [0.15, 0.2) is 41.3 Å². The summed E-state index contributed by atoms with van der Waals surface area (Å²) in [4.78, 5) is 22.1. The molecule has 0 radical (unpaired) electrons. The van der Waals surface area contributed by atoms with Crippen molar-refractivity contribution in [1.82, 2.24) is 4.31 Å². The average molecular weight is 448 g/mol. The number of sulfonamides is 1. The molecule has 2 rings (SSSR count). The second kappa shape index (κ2) is 8.74. The van der Waals surface area contributed by atoms with E-state index >= 15 is 0 Å². The van der Waals surface area contributed by atoms with Crippen LogP contribution in [0.1, 0.15) is 0 Å². The second-order valence-corrected chi connectivity index (χ2v) is 8.33. The largest absolute Gasteiger partial charge is 0.495 e. The van der Waals surface area contributed by atoms with Gasteiger partial charge < -0.3 is 10.1 Å². The van der Waals surface area contributed by atoms with Crippen LogP contribution in [0.4, 0.5) is 11.4 Å². The highest BCUT2D eigenvalue weighted by molar-refractivity contribution is 7.89. The van der Waals surface area contributed by atoms with E-state index < -0.39 is 27.4 Å². The number of amides is 1. The Hall–Kier alpha value is -2.40. The first kappa shape index (κ1) is 21.9. The maximum Gasteiger partial charge on any atom is 0.273 e. The SMILES string of the molecule is COc1cc([N+](=O)[O-])ccc1S(=O)(=O)N(C)CC(=O)Nc1c(Cl)cccc1Cl. The first-order chi connectivity index (χ1) is 13.1. The molecule has 1 N–H and O–H groups in total. The lowest BCUT2D eigenvalue weighted by molar-refractivity contribution is -0.385. The highest BCUT2D eigenvalue weighted by Gasteiger charge is 2.28. The van der Waals surface area contributed by atoms with E-state index in [1.54, 1.807) is 6.07 Å². The van der Waals surface area contributed by atoms with Gasteiger partial charge in [-0.15, -0.1) is 0 Å². The van der Waals surface area contributed by atoms with Crippen LogP contribution in [-0.4, -0.2) is 44.3 Å². The number of non-ortho nitro benzene ring substituents is 1. The molecule has 0 saturated heterocycles. The average Bonchev–Trinajstić information content (AvgIpc) is 2.64. The van der Waals surface area contributed by atoms with Gasteiger partial charge in [0.15, 0.2) is 0 Å². The summed E-state index contributed by atoms with van der Waals surface area (Å²) in [6, 6.07) is 7.71. The number of para-hydroxylation sites is 1. The van der Waals surface area contributed by atoms with Crippen molar-refractivity contribution in [2.24, 2.45) is 0 Å². The third-order valence-electron chi connectivity index (χ3n) is 3.64. The van der Waals surface area contributed by atoms with Crippen molar-refractivity contribution in [2.75, 3.05) is 26.0 Å². The Kier molecular flexibility index (Phi) is 6.83. The van der Waals surface area contributed by atoms with E-state index in [1.165, 1.54) is 26.3 Å². The zero-order valence-corrected chi connectivity index (χ0v) is 17.0. The standard InChI is InChI=1S/C16H15Cl2N3O6S/c1-20(9-15(22)19-16-11(17)4-3-5-12(16)18)28(25,26)14-7-6-10(21(23)24)8-13(14)27-2/h3-8H,9H2,1-2H3,(H,19,22). The molecule has 0 bridgehead atoms. The molecule has 150 valence electrons. The molecule has 0 heterocycles. The van der Waals surface area contributed by atoms with E-state index in [4.69, 9.17) is 27.9 Å². The number of benzene rings is 2. The van der Waals surface area contributed by atoms with Gasteiger partial charge in [0.1, 0.15) is 10.6 Å². The van der Waals surface area contributed by atoms with Gasteiger partial charge in [0.05, 0.1) is 40.4 Å². The van der Waals surface area contributed by atoms with Gasteiger partial charge in [0.2, 0.25) is 15.9 Å². The lowest BCUT2D eigenvalue weighted by atomic mass is 10.3. The Labute approximate surface area is 171 Å². The predicted molar refractivity (Wildman–Crippen MR) is 105 cm³/mol. The van der Waals surface area contributed by atoms with Crippen molar-refractivity contribution in [3.63, 3.8) is 0 Å². The maximum atomic E-state index is 12.8. The predicted octanol–water partition coefficient (Wildman–Crippen LogP) is 3.17. The number of nitro groups is 1. The lowest BCUT2D eigenvalue weighted by Gasteiger charge is -2.19. The smallest absolute Gasteiger partial charge is 0.273 e. The number of carbonyl (C=O) groups is 1. The number of anilines is 1. The van der Waals surface area contributed by atoms with Gasteiger partial charge in [-0.05, 0) is 18.2 Å². The molecule has 12 heteroatoms. The van der Waals surface area contributed by atoms with E-state index in [2.05, 4.69) is 5.32 Å². The van der Waals surface area contributed by atoms with Gasteiger partial charge in [-0.3, -0.25) is 14.9 Å². The summed E-state index contributed by atoms with van der Waals surface area (Å²) in [5.41, 5.74) is -0.167. The number of nitrogens with one attached hydrogen (secondary N) is 1. The highest BCUT2D eigenvalue weighted by atomic mass is 35.5. The molecule has 0 fully saturated rings. The van der Waals surface area contributed by atoms with Crippen molar-refractivity contribution in [3.8, 4) is 5.75 Å². The molecule has 0 atom stereocenters. The lowest BCUT2D eigenvalue weighted by Crippen LogP contribution is -2.35. The number of methoxy groups -OCH3 is 1. The first-order valence-corrected chi connectivity index (χ1v) is 9.80. The number of ether oxygens (including phenoxy) is 1. The van der Waals surface area contributed by atoms with Crippen molar-refractivity contribution in [1.29, 1.82) is 0 Å². The maximum absolute atomic E-state index is 12.8. The summed E-state index contributed by atoms with van der Waals surface area (Å²) >= 11 is 11.9. The Morgan fingerprint density at radius 3 is 2.39 bits per heavy atom. The van der Waals surface area contributed by atoms with Crippen LogP contribution in [0, 0.1) is 10.1 Å². The molecule has 0 saturated carbocycles. The fourth-order valence-electron chi connectivity index (χ4n) is 2.23. The molecule has 1 amide bonds. The van der Waals surface area contributed by atoms with Crippen LogP contribution in [0.5, 0.6) is 5.75 Å². The normalized spacial score (nSPS) is 11.3. The van der Waals surface area contributed by atoms with Crippen molar-refractivity contribution in [2.45, 2.75) is 4.90 Å². The summed E-state index contributed by atoms with van der Waals surface area (Å²) in [6.45, 7) is -0.552. The van der Waals surface area contributed by atoms with Gasteiger partial charge in [0, 0.05) is 13.1 Å². The zero-order chi connectivity index (χ0) is 21.1. The minimum Gasteiger partial charge on any atom is -0.495 e. The summed E-state index contributed by atoms with van der Waals surface area (Å²) in [6.07, 6.45) is 0. The van der Waals surface area contributed by atoms with Crippen LogP contribution >= 0.6 is 23.2 Å². The van der Waals surface area contributed by atoms with Crippen molar-refractivity contribution < 1.29 is 22.9 Å². The molecule has 28 heavy (non-hydrogen) atoms. The van der Waals surface area contributed by atoms with Gasteiger partial charge in [-0.25, -0.2) is 8.42 Å². The molecule has 0 aliphatic rings. The van der Waals surface area contributed by atoms with E-state index in [0.717, 1.165) is 22.5 Å². The van der Waals surface area contributed by atoms with E-state index in [9.17, 15) is 23.3 Å². The fourth-order valence-corrected chi connectivity index (χ4v) is 3.99. The fraction of sp³-hybridized carbons (Fsp3) is 0.188. The highest BCUT2D eigenvalue weighted by Crippen LogP contribution is 2.31. The number of rotatable bonds is 7. The molecular formula is C16H15Cl2N3O6S. The third-order valence-corrected chi connectivity index (χ3v) is 6.11. The van der Waals surface area contributed by atoms with Gasteiger partial charge in [-0.2, -0.15) is 4.31 Å². The number of likely N-dealkylation sites (N-methyl/N-ethyl adjacent to an activating group) is 1. The number of halogens is 2. The monoisotopic (exact) mass is 447 g/mol. The van der Waals surface area contributed by atoms with E-state index in [0.29, 0.717) is 0 Å². The molecule has 0 unspecified atom stereocenters. The molecule has 0 aliphatic heterocycles. The number of hydrogen-bond donors (Lipinski definition) is 1. The van der Waals surface area contributed by atoms with Crippen LogP contribution in [-0.2, 0) is 14.8 Å². The topological polar surface area (TPSA) is 119 Å². The Balaban J connectivity index is 2.24. The molecular weight excluding hydrogens is 433 g/mol. The molecule has 2 aromatic carbocycles. The number of hydrogen-bond acceptors (Lipinski definition) is 6. The molecule has 9 nitrogen and oxygen atoms in total. The van der Waals surface area contributed by atoms with Gasteiger partial charge in [-0.1, -0.05) is 29.3 Å². The summed E-state index contributed by atoms with van der Waals surface area (Å²) in [5.74, 6) is -0.891. The van der Waals surface area contributed by atoms with Crippen LogP contribution < -0.4 is 10.1 Å². The zero-order valence-electron chi connectivity index (χ0n) is 14.7. The molecule has 0 aromatic heterocycles. The number of nitro benzene ring substituents is 1. The minimum atomic E-state index is -4.17. The summed E-state index contributed by atoms with van der Waals surface area (Å²) < 4.78 is 31.3.